The molecule has 0 amide bonds. The lowest BCUT2D eigenvalue weighted by Crippen LogP contribution is -2.55. The lowest BCUT2D eigenvalue weighted by atomic mass is 9.85. The fraction of sp³-hybridized carbons (Fsp3) is 0.417. The van der Waals surface area contributed by atoms with Gasteiger partial charge in [-0.25, -0.2) is 0 Å². The summed E-state index contributed by atoms with van der Waals surface area (Å²) in [5.41, 5.74) is 0.292. The number of carboxylic acids is 1. The van der Waals surface area contributed by atoms with Crippen molar-refractivity contribution in [2.75, 3.05) is 31.7 Å². The Kier molecular flexibility index (Phi) is 2.83. The third-order valence-electron chi connectivity index (χ3n) is 2.95. The minimum Gasteiger partial charge on any atom is -0.481 e. The normalized spacial score (nSPS) is 17.6. The lowest BCUT2D eigenvalue weighted by molar-refractivity contribution is -0.177. The predicted molar refractivity (Wildman–Crippen MR) is 60.6 cm³/mol. The standard InChI is InChI=1S/C12H15NO3/c1-13(10-5-3-2-4-6-10)7-12(11(14)15)8-16-9-12/h2-6H,7-9H2,1H3,(H,14,15). The molecule has 1 N–H and O–H groups in total. The van der Waals surface area contributed by atoms with Gasteiger partial charge in [0, 0.05) is 19.3 Å². The molecule has 1 saturated heterocycles. The molecule has 0 aromatic heterocycles. The van der Waals surface area contributed by atoms with Crippen LogP contribution >= 0.6 is 0 Å². The van der Waals surface area contributed by atoms with Crippen LogP contribution < -0.4 is 4.90 Å². The molecule has 0 aliphatic carbocycles. The Labute approximate surface area is 94.4 Å². The second-order valence-electron chi connectivity index (χ2n) is 4.27. The Balaban J connectivity index is 2.07. The minimum atomic E-state index is -0.776. The van der Waals surface area contributed by atoms with Crippen molar-refractivity contribution in [3.05, 3.63) is 30.3 Å². The van der Waals surface area contributed by atoms with E-state index in [4.69, 9.17) is 4.74 Å². The van der Waals surface area contributed by atoms with Gasteiger partial charge in [-0.05, 0) is 12.1 Å². The van der Waals surface area contributed by atoms with E-state index in [2.05, 4.69) is 0 Å². The lowest BCUT2D eigenvalue weighted by Gasteiger charge is -2.40. The highest BCUT2D eigenvalue weighted by molar-refractivity contribution is 5.77. The van der Waals surface area contributed by atoms with Gasteiger partial charge in [-0.3, -0.25) is 4.79 Å². The molecule has 1 aliphatic heterocycles. The number of carboxylic acid groups (broad SMARTS) is 1. The van der Waals surface area contributed by atoms with Crippen LogP contribution in [-0.2, 0) is 9.53 Å². The molecule has 16 heavy (non-hydrogen) atoms. The molecular weight excluding hydrogens is 206 g/mol. The highest BCUT2D eigenvalue weighted by Gasteiger charge is 2.47. The predicted octanol–water partition coefficient (Wildman–Crippen LogP) is 1.22. The Morgan fingerprint density at radius 1 is 1.44 bits per heavy atom. The van der Waals surface area contributed by atoms with Crippen LogP contribution in [0.25, 0.3) is 0 Å². The van der Waals surface area contributed by atoms with Gasteiger partial charge in [0.2, 0.25) is 0 Å². The van der Waals surface area contributed by atoms with E-state index in [1.165, 1.54) is 0 Å². The van der Waals surface area contributed by atoms with Crippen LogP contribution in [-0.4, -0.2) is 37.9 Å². The average Bonchev–Trinajstić information content (AvgIpc) is 2.24. The van der Waals surface area contributed by atoms with Gasteiger partial charge >= 0.3 is 5.97 Å². The molecule has 4 heteroatoms. The quantitative estimate of drug-likeness (QED) is 0.830. The molecule has 0 bridgehead atoms. The molecule has 0 radical (unpaired) electrons. The average molecular weight is 221 g/mol. The van der Waals surface area contributed by atoms with Crippen molar-refractivity contribution in [2.24, 2.45) is 5.41 Å². The Bertz CT molecular complexity index is 373. The Hall–Kier alpha value is -1.55. The third kappa shape index (κ3) is 1.88. The molecule has 0 unspecified atom stereocenters. The first-order valence-electron chi connectivity index (χ1n) is 5.21. The molecule has 2 rings (SSSR count). The summed E-state index contributed by atoms with van der Waals surface area (Å²) in [7, 11) is 1.90. The van der Waals surface area contributed by atoms with E-state index in [9.17, 15) is 9.90 Å². The molecular formula is C12H15NO3. The van der Waals surface area contributed by atoms with Gasteiger partial charge in [-0.1, -0.05) is 18.2 Å². The molecule has 1 aromatic rings. The summed E-state index contributed by atoms with van der Waals surface area (Å²) in [6, 6.07) is 9.76. The largest absolute Gasteiger partial charge is 0.481 e. The Morgan fingerprint density at radius 3 is 2.50 bits per heavy atom. The summed E-state index contributed by atoms with van der Waals surface area (Å²) in [5, 5.41) is 9.17. The van der Waals surface area contributed by atoms with Crippen molar-refractivity contribution >= 4 is 11.7 Å². The zero-order valence-electron chi connectivity index (χ0n) is 9.22. The number of para-hydroxylation sites is 1. The van der Waals surface area contributed by atoms with Crippen molar-refractivity contribution < 1.29 is 14.6 Å². The molecule has 1 heterocycles. The van der Waals surface area contributed by atoms with Gasteiger partial charge in [-0.15, -0.1) is 0 Å². The van der Waals surface area contributed by atoms with Crippen LogP contribution in [0.3, 0.4) is 0 Å². The van der Waals surface area contributed by atoms with Crippen LogP contribution in [0.2, 0.25) is 0 Å². The maximum atomic E-state index is 11.2. The first kappa shape index (κ1) is 11.0. The minimum absolute atomic E-state index is 0.305. The highest BCUT2D eigenvalue weighted by Crippen LogP contribution is 2.30. The third-order valence-corrected chi connectivity index (χ3v) is 2.95. The zero-order valence-corrected chi connectivity index (χ0v) is 9.22. The summed E-state index contributed by atoms with van der Waals surface area (Å²) < 4.78 is 5.03. The van der Waals surface area contributed by atoms with Gasteiger partial charge < -0.3 is 14.7 Å². The topological polar surface area (TPSA) is 49.8 Å². The zero-order chi connectivity index (χ0) is 11.6. The molecule has 0 spiro atoms. The second kappa shape index (κ2) is 4.14. The number of hydrogen-bond acceptors (Lipinski definition) is 3. The van der Waals surface area contributed by atoms with Crippen LogP contribution in [0, 0.1) is 5.41 Å². The SMILES string of the molecule is CN(CC1(C(=O)O)COC1)c1ccccc1. The van der Waals surface area contributed by atoms with Gasteiger partial charge in [0.1, 0.15) is 5.41 Å². The van der Waals surface area contributed by atoms with E-state index in [1.807, 2.05) is 42.3 Å². The van der Waals surface area contributed by atoms with Gasteiger partial charge in [0.15, 0.2) is 0 Å². The molecule has 1 aliphatic rings. The molecule has 1 fully saturated rings. The number of carbonyl (C=O) groups is 1. The van der Waals surface area contributed by atoms with E-state index in [0.29, 0.717) is 19.8 Å². The second-order valence-corrected chi connectivity index (χ2v) is 4.27. The molecule has 4 nitrogen and oxygen atoms in total. The first-order chi connectivity index (χ1) is 7.64. The van der Waals surface area contributed by atoms with E-state index < -0.39 is 11.4 Å². The van der Waals surface area contributed by atoms with Crippen molar-refractivity contribution in [1.82, 2.24) is 0 Å². The van der Waals surface area contributed by atoms with Gasteiger partial charge in [-0.2, -0.15) is 0 Å². The van der Waals surface area contributed by atoms with Crippen molar-refractivity contribution in [3.63, 3.8) is 0 Å². The maximum absolute atomic E-state index is 11.2. The first-order valence-corrected chi connectivity index (χ1v) is 5.21. The summed E-state index contributed by atoms with van der Waals surface area (Å²) in [6.07, 6.45) is 0. The van der Waals surface area contributed by atoms with E-state index >= 15 is 0 Å². The number of anilines is 1. The van der Waals surface area contributed by atoms with E-state index in [0.717, 1.165) is 5.69 Å². The highest BCUT2D eigenvalue weighted by atomic mass is 16.5. The fourth-order valence-electron chi connectivity index (χ4n) is 1.86. The molecule has 1 aromatic carbocycles. The van der Waals surface area contributed by atoms with Crippen LogP contribution in [0.4, 0.5) is 5.69 Å². The van der Waals surface area contributed by atoms with Crippen molar-refractivity contribution in [1.29, 1.82) is 0 Å². The number of nitrogens with zero attached hydrogens (tertiary/aromatic N) is 1. The van der Waals surface area contributed by atoms with Gasteiger partial charge in [0.05, 0.1) is 13.2 Å². The van der Waals surface area contributed by atoms with Gasteiger partial charge in [0.25, 0.3) is 0 Å². The fourth-order valence-corrected chi connectivity index (χ4v) is 1.86. The summed E-state index contributed by atoms with van der Waals surface area (Å²) in [4.78, 5) is 13.1. The monoisotopic (exact) mass is 221 g/mol. The molecule has 0 atom stereocenters. The number of aliphatic carboxylic acids is 1. The van der Waals surface area contributed by atoms with Crippen LogP contribution in [0.1, 0.15) is 0 Å². The number of rotatable bonds is 4. The van der Waals surface area contributed by atoms with E-state index in [-0.39, 0.29) is 0 Å². The van der Waals surface area contributed by atoms with Crippen molar-refractivity contribution in [3.8, 4) is 0 Å². The van der Waals surface area contributed by atoms with Crippen molar-refractivity contribution in [2.45, 2.75) is 0 Å². The van der Waals surface area contributed by atoms with E-state index in [1.54, 1.807) is 0 Å². The molecule has 0 saturated carbocycles. The summed E-state index contributed by atoms with van der Waals surface area (Å²) in [6.45, 7) is 1.09. The number of benzene rings is 1. The number of hydrogen-bond donors (Lipinski definition) is 1. The number of ether oxygens (including phenoxy) is 1. The van der Waals surface area contributed by atoms with Crippen LogP contribution in [0.5, 0.6) is 0 Å². The maximum Gasteiger partial charge on any atom is 0.316 e. The summed E-state index contributed by atoms with van der Waals surface area (Å²) in [5.74, 6) is -0.776. The van der Waals surface area contributed by atoms with Crippen LogP contribution in [0.15, 0.2) is 30.3 Å². The smallest absolute Gasteiger partial charge is 0.316 e. The molecule has 86 valence electrons. The summed E-state index contributed by atoms with van der Waals surface area (Å²) >= 11 is 0. The Morgan fingerprint density at radius 2 is 2.06 bits per heavy atom.